The molecule has 1 unspecified atom stereocenters. The van der Waals surface area contributed by atoms with Crippen molar-refractivity contribution in [3.05, 3.63) is 17.3 Å². The summed E-state index contributed by atoms with van der Waals surface area (Å²) in [4.78, 5) is 7.86. The summed E-state index contributed by atoms with van der Waals surface area (Å²) in [6.45, 7) is 5.11. The standard InChI is InChI=1S/C11H18N4S/c1-4-14(3)10-9(7-8(2)12)15-5-6-16-11(15)13-10/h5-6,8H,4,7,12H2,1-3H3. The second kappa shape index (κ2) is 4.43. The Hall–Kier alpha value is -1.07. The van der Waals surface area contributed by atoms with Crippen LogP contribution >= 0.6 is 11.3 Å². The van der Waals surface area contributed by atoms with Crippen LogP contribution in [0.2, 0.25) is 0 Å². The van der Waals surface area contributed by atoms with E-state index in [1.807, 2.05) is 6.92 Å². The molecule has 0 aliphatic carbocycles. The average Bonchev–Trinajstić information content (AvgIpc) is 2.79. The van der Waals surface area contributed by atoms with E-state index in [1.54, 1.807) is 11.3 Å². The van der Waals surface area contributed by atoms with Crippen LogP contribution in [0, 0.1) is 0 Å². The van der Waals surface area contributed by atoms with Gasteiger partial charge in [-0.2, -0.15) is 0 Å². The topological polar surface area (TPSA) is 46.6 Å². The lowest BCUT2D eigenvalue weighted by Crippen LogP contribution is -2.23. The van der Waals surface area contributed by atoms with Crippen LogP contribution in [0.1, 0.15) is 19.5 Å². The van der Waals surface area contributed by atoms with Gasteiger partial charge in [0.05, 0.1) is 5.69 Å². The molecule has 1 atom stereocenters. The molecule has 0 spiro atoms. The Bertz CT molecular complexity index is 471. The van der Waals surface area contributed by atoms with Gasteiger partial charge in [-0.15, -0.1) is 11.3 Å². The lowest BCUT2D eigenvalue weighted by atomic mass is 10.2. The van der Waals surface area contributed by atoms with Crippen molar-refractivity contribution in [2.75, 3.05) is 18.5 Å². The molecule has 0 saturated carbocycles. The first-order valence-corrected chi connectivity index (χ1v) is 6.42. The van der Waals surface area contributed by atoms with Gasteiger partial charge >= 0.3 is 0 Å². The number of hydrogen-bond donors (Lipinski definition) is 1. The molecule has 0 aromatic carbocycles. The molecule has 0 aliphatic heterocycles. The minimum absolute atomic E-state index is 0.156. The number of hydrogen-bond acceptors (Lipinski definition) is 4. The molecule has 2 N–H and O–H groups in total. The Labute approximate surface area is 99.7 Å². The molecule has 2 aromatic heterocycles. The summed E-state index contributed by atoms with van der Waals surface area (Å²) in [5, 5.41) is 2.06. The van der Waals surface area contributed by atoms with Crippen molar-refractivity contribution in [1.29, 1.82) is 0 Å². The summed E-state index contributed by atoms with van der Waals surface area (Å²) >= 11 is 1.66. The maximum absolute atomic E-state index is 5.90. The van der Waals surface area contributed by atoms with E-state index < -0.39 is 0 Å². The molecule has 16 heavy (non-hydrogen) atoms. The van der Waals surface area contributed by atoms with Crippen LogP contribution in [0.3, 0.4) is 0 Å². The van der Waals surface area contributed by atoms with Gasteiger partial charge in [0.15, 0.2) is 10.8 Å². The largest absolute Gasteiger partial charge is 0.358 e. The van der Waals surface area contributed by atoms with E-state index in [1.165, 1.54) is 5.69 Å². The van der Waals surface area contributed by atoms with Crippen LogP contribution < -0.4 is 10.6 Å². The lowest BCUT2D eigenvalue weighted by molar-refractivity contribution is 0.714. The van der Waals surface area contributed by atoms with E-state index in [0.717, 1.165) is 23.7 Å². The molecule has 2 heterocycles. The third-order valence-corrected chi connectivity index (χ3v) is 3.45. The van der Waals surface area contributed by atoms with Gasteiger partial charge in [-0.3, -0.25) is 4.40 Å². The van der Waals surface area contributed by atoms with Gasteiger partial charge < -0.3 is 10.6 Å². The molecule has 0 saturated heterocycles. The highest BCUT2D eigenvalue weighted by molar-refractivity contribution is 7.15. The number of aromatic nitrogens is 2. The molecule has 0 amide bonds. The third-order valence-electron chi connectivity index (χ3n) is 2.69. The number of nitrogens with two attached hydrogens (primary N) is 1. The van der Waals surface area contributed by atoms with Crippen LogP contribution in [0.25, 0.3) is 4.96 Å². The molecule has 0 fully saturated rings. The van der Waals surface area contributed by atoms with E-state index in [2.05, 4.69) is 39.8 Å². The van der Waals surface area contributed by atoms with E-state index in [0.29, 0.717) is 0 Å². The van der Waals surface area contributed by atoms with Crippen LogP contribution in [0.15, 0.2) is 11.6 Å². The summed E-state index contributed by atoms with van der Waals surface area (Å²) < 4.78 is 2.15. The first kappa shape index (κ1) is 11.4. The van der Waals surface area contributed by atoms with Crippen LogP contribution in [-0.2, 0) is 6.42 Å². The molecule has 5 heteroatoms. The van der Waals surface area contributed by atoms with Crippen molar-refractivity contribution in [2.24, 2.45) is 5.73 Å². The number of rotatable bonds is 4. The third kappa shape index (κ3) is 1.92. The van der Waals surface area contributed by atoms with E-state index >= 15 is 0 Å². The maximum atomic E-state index is 5.90. The van der Waals surface area contributed by atoms with Crippen LogP contribution in [0.4, 0.5) is 5.82 Å². The van der Waals surface area contributed by atoms with Crippen molar-refractivity contribution in [1.82, 2.24) is 9.38 Å². The normalized spacial score (nSPS) is 13.2. The number of nitrogens with zero attached hydrogens (tertiary/aromatic N) is 3. The first-order valence-electron chi connectivity index (χ1n) is 5.54. The van der Waals surface area contributed by atoms with E-state index in [4.69, 9.17) is 5.73 Å². The lowest BCUT2D eigenvalue weighted by Gasteiger charge is -2.16. The molecule has 4 nitrogen and oxygen atoms in total. The van der Waals surface area contributed by atoms with Crippen molar-refractivity contribution < 1.29 is 0 Å². The van der Waals surface area contributed by atoms with Gasteiger partial charge in [0, 0.05) is 37.6 Å². The molecule has 2 aromatic rings. The molecule has 2 rings (SSSR count). The quantitative estimate of drug-likeness (QED) is 0.882. The zero-order valence-corrected chi connectivity index (χ0v) is 10.8. The fourth-order valence-electron chi connectivity index (χ4n) is 1.77. The fraction of sp³-hybridized carbons (Fsp3) is 0.545. The van der Waals surface area contributed by atoms with Crippen molar-refractivity contribution in [3.63, 3.8) is 0 Å². The highest BCUT2D eigenvalue weighted by Crippen LogP contribution is 2.24. The van der Waals surface area contributed by atoms with E-state index in [-0.39, 0.29) is 6.04 Å². The molecule has 0 bridgehead atoms. The summed E-state index contributed by atoms with van der Waals surface area (Å²) in [5.74, 6) is 1.06. The summed E-state index contributed by atoms with van der Waals surface area (Å²) in [5.41, 5.74) is 7.12. The minimum Gasteiger partial charge on any atom is -0.358 e. The van der Waals surface area contributed by atoms with Gasteiger partial charge in [-0.1, -0.05) is 0 Å². The molecule has 0 radical (unpaired) electrons. The van der Waals surface area contributed by atoms with Gasteiger partial charge in [-0.25, -0.2) is 4.98 Å². The summed E-state index contributed by atoms with van der Waals surface area (Å²) in [6.07, 6.45) is 2.93. The summed E-state index contributed by atoms with van der Waals surface area (Å²) in [7, 11) is 2.07. The Morgan fingerprint density at radius 2 is 2.38 bits per heavy atom. The minimum atomic E-state index is 0.156. The van der Waals surface area contributed by atoms with Crippen molar-refractivity contribution in [2.45, 2.75) is 26.3 Å². The highest BCUT2D eigenvalue weighted by atomic mass is 32.1. The smallest absolute Gasteiger partial charge is 0.195 e. The van der Waals surface area contributed by atoms with Gasteiger partial charge in [0.25, 0.3) is 0 Å². The Morgan fingerprint density at radius 3 is 3.00 bits per heavy atom. The van der Waals surface area contributed by atoms with Gasteiger partial charge in [0.2, 0.25) is 0 Å². The summed E-state index contributed by atoms with van der Waals surface area (Å²) in [6, 6.07) is 0.156. The molecular formula is C11H18N4S. The molecule has 0 aliphatic rings. The first-order chi connectivity index (χ1) is 7.63. The zero-order valence-electron chi connectivity index (χ0n) is 9.97. The van der Waals surface area contributed by atoms with Gasteiger partial charge in [0.1, 0.15) is 0 Å². The highest BCUT2D eigenvalue weighted by Gasteiger charge is 2.16. The monoisotopic (exact) mass is 238 g/mol. The predicted molar refractivity (Wildman–Crippen MR) is 69.4 cm³/mol. The Morgan fingerprint density at radius 1 is 1.62 bits per heavy atom. The number of anilines is 1. The maximum Gasteiger partial charge on any atom is 0.195 e. The fourth-order valence-corrected chi connectivity index (χ4v) is 2.50. The van der Waals surface area contributed by atoms with Crippen LogP contribution in [0.5, 0.6) is 0 Å². The number of fused-ring (bicyclic) bond motifs is 1. The predicted octanol–water partition coefficient (Wildman–Crippen LogP) is 1.74. The number of thiazole rings is 1. The Kier molecular flexibility index (Phi) is 3.16. The van der Waals surface area contributed by atoms with E-state index in [9.17, 15) is 0 Å². The second-order valence-corrected chi connectivity index (χ2v) is 5.01. The number of imidazole rings is 1. The van der Waals surface area contributed by atoms with Crippen molar-refractivity contribution in [3.8, 4) is 0 Å². The molecular weight excluding hydrogens is 220 g/mol. The zero-order chi connectivity index (χ0) is 11.7. The van der Waals surface area contributed by atoms with Crippen molar-refractivity contribution >= 4 is 22.1 Å². The SMILES string of the molecule is CCN(C)c1nc2sccn2c1CC(C)N. The van der Waals surface area contributed by atoms with Gasteiger partial charge in [-0.05, 0) is 13.8 Å². The average molecular weight is 238 g/mol. The van der Waals surface area contributed by atoms with Crippen LogP contribution in [-0.4, -0.2) is 29.0 Å². The second-order valence-electron chi connectivity index (χ2n) is 4.13. The molecule has 88 valence electrons. The Balaban J connectivity index is 2.49.